The highest BCUT2D eigenvalue weighted by molar-refractivity contribution is 5.77. The third-order valence-corrected chi connectivity index (χ3v) is 1.64. The van der Waals surface area contributed by atoms with E-state index in [-0.39, 0.29) is 12.5 Å². The van der Waals surface area contributed by atoms with Crippen molar-refractivity contribution >= 4 is 5.91 Å². The highest BCUT2D eigenvalue weighted by Gasteiger charge is 2.07. The predicted octanol–water partition coefficient (Wildman–Crippen LogP) is 0.793. The van der Waals surface area contributed by atoms with E-state index in [0.717, 1.165) is 0 Å². The molecular formula is C9H17NO2. The molecule has 0 saturated heterocycles. The van der Waals surface area contributed by atoms with Crippen LogP contribution in [0.2, 0.25) is 0 Å². The number of nitrogens with zero attached hydrogens (tertiary/aromatic N) is 1. The number of aliphatic hydroxyl groups excluding tert-OH is 1. The van der Waals surface area contributed by atoms with Crippen molar-refractivity contribution < 1.29 is 9.90 Å². The monoisotopic (exact) mass is 171 g/mol. The van der Waals surface area contributed by atoms with E-state index in [4.69, 9.17) is 5.11 Å². The lowest BCUT2D eigenvalue weighted by Crippen LogP contribution is -2.31. The Hall–Kier alpha value is -0.830. The number of hydrogen-bond acceptors (Lipinski definition) is 2. The summed E-state index contributed by atoms with van der Waals surface area (Å²) in [5.74, 6) is 0.0842. The molecule has 1 amide bonds. The minimum absolute atomic E-state index is 0.0842. The second-order valence-corrected chi connectivity index (χ2v) is 2.54. The van der Waals surface area contributed by atoms with Crippen LogP contribution < -0.4 is 0 Å². The molecule has 0 fully saturated rings. The van der Waals surface area contributed by atoms with Gasteiger partial charge in [-0.1, -0.05) is 6.08 Å². The Bertz CT molecular complexity index is 145. The Morgan fingerprint density at radius 1 is 1.67 bits per heavy atom. The van der Waals surface area contributed by atoms with Crippen molar-refractivity contribution in [3.05, 3.63) is 12.7 Å². The summed E-state index contributed by atoms with van der Waals surface area (Å²) in [7, 11) is 0. The van der Waals surface area contributed by atoms with E-state index in [1.807, 2.05) is 6.92 Å². The van der Waals surface area contributed by atoms with Crippen LogP contribution in [0.15, 0.2) is 12.7 Å². The minimum atomic E-state index is 0.0842. The number of carbonyl (C=O) groups excluding carboxylic acids is 1. The summed E-state index contributed by atoms with van der Waals surface area (Å²) in [5.41, 5.74) is 0. The molecule has 3 nitrogen and oxygen atoms in total. The second-order valence-electron chi connectivity index (χ2n) is 2.54. The zero-order valence-electron chi connectivity index (χ0n) is 7.62. The number of aliphatic hydroxyl groups is 1. The van der Waals surface area contributed by atoms with Crippen LogP contribution in [0.1, 0.15) is 19.8 Å². The molecule has 12 heavy (non-hydrogen) atoms. The van der Waals surface area contributed by atoms with Gasteiger partial charge in [-0.15, -0.1) is 6.58 Å². The maximum Gasteiger partial charge on any atom is 0.226 e. The van der Waals surface area contributed by atoms with Gasteiger partial charge < -0.3 is 10.0 Å². The first-order chi connectivity index (χ1) is 5.76. The van der Waals surface area contributed by atoms with E-state index in [9.17, 15) is 4.79 Å². The summed E-state index contributed by atoms with van der Waals surface area (Å²) in [4.78, 5) is 13.0. The van der Waals surface area contributed by atoms with Crippen molar-refractivity contribution in [2.75, 3.05) is 19.7 Å². The largest absolute Gasteiger partial charge is 0.396 e. The third-order valence-electron chi connectivity index (χ3n) is 1.64. The standard InChI is InChI=1S/C9H17NO2/c1-3-6-9(12)10(4-2)7-5-8-11/h3,11H,1,4-8H2,2H3. The first kappa shape index (κ1) is 11.2. The van der Waals surface area contributed by atoms with Gasteiger partial charge >= 0.3 is 0 Å². The number of hydrogen-bond donors (Lipinski definition) is 1. The maximum absolute atomic E-state index is 11.3. The molecule has 70 valence electrons. The van der Waals surface area contributed by atoms with Crippen LogP contribution in [0.3, 0.4) is 0 Å². The summed E-state index contributed by atoms with van der Waals surface area (Å²) in [5, 5.41) is 8.56. The normalized spacial score (nSPS) is 9.50. The molecule has 0 aliphatic rings. The van der Waals surface area contributed by atoms with Gasteiger partial charge in [-0.25, -0.2) is 0 Å². The summed E-state index contributed by atoms with van der Waals surface area (Å²) in [6.45, 7) is 6.91. The Morgan fingerprint density at radius 2 is 2.33 bits per heavy atom. The van der Waals surface area contributed by atoms with Gasteiger partial charge in [0, 0.05) is 26.1 Å². The predicted molar refractivity (Wildman–Crippen MR) is 48.8 cm³/mol. The van der Waals surface area contributed by atoms with Crippen molar-refractivity contribution in [1.29, 1.82) is 0 Å². The van der Waals surface area contributed by atoms with Gasteiger partial charge in [-0.2, -0.15) is 0 Å². The summed E-state index contributed by atoms with van der Waals surface area (Å²) in [6, 6.07) is 0. The highest BCUT2D eigenvalue weighted by atomic mass is 16.3. The maximum atomic E-state index is 11.3. The van der Waals surface area contributed by atoms with Gasteiger partial charge in [-0.05, 0) is 13.3 Å². The molecule has 0 radical (unpaired) electrons. The smallest absolute Gasteiger partial charge is 0.226 e. The van der Waals surface area contributed by atoms with Crippen LogP contribution in [0.5, 0.6) is 0 Å². The average Bonchev–Trinajstić information content (AvgIpc) is 2.06. The first-order valence-electron chi connectivity index (χ1n) is 4.25. The molecule has 0 spiro atoms. The molecule has 0 rings (SSSR count). The molecule has 0 atom stereocenters. The van der Waals surface area contributed by atoms with Gasteiger partial charge in [0.1, 0.15) is 0 Å². The van der Waals surface area contributed by atoms with Crippen LogP contribution in [0.25, 0.3) is 0 Å². The molecule has 0 heterocycles. The Balaban J connectivity index is 3.78. The molecule has 0 aromatic rings. The molecule has 0 saturated carbocycles. The van der Waals surface area contributed by atoms with E-state index in [2.05, 4.69) is 6.58 Å². The molecule has 0 unspecified atom stereocenters. The van der Waals surface area contributed by atoms with Gasteiger partial charge in [-0.3, -0.25) is 4.79 Å². The number of carbonyl (C=O) groups is 1. The van der Waals surface area contributed by atoms with Gasteiger partial charge in [0.25, 0.3) is 0 Å². The van der Waals surface area contributed by atoms with Crippen molar-refractivity contribution in [2.45, 2.75) is 19.8 Å². The fourth-order valence-corrected chi connectivity index (χ4v) is 0.973. The Morgan fingerprint density at radius 3 is 2.75 bits per heavy atom. The number of amides is 1. The molecule has 0 aliphatic carbocycles. The van der Waals surface area contributed by atoms with Gasteiger partial charge in [0.05, 0.1) is 0 Å². The second kappa shape index (κ2) is 6.85. The molecule has 0 aromatic heterocycles. The Labute approximate surface area is 73.7 Å². The quantitative estimate of drug-likeness (QED) is 0.600. The third kappa shape index (κ3) is 4.13. The van der Waals surface area contributed by atoms with E-state index < -0.39 is 0 Å². The molecule has 3 heteroatoms. The zero-order chi connectivity index (χ0) is 9.40. The first-order valence-corrected chi connectivity index (χ1v) is 4.25. The van der Waals surface area contributed by atoms with Gasteiger partial charge in [0.15, 0.2) is 0 Å². The summed E-state index contributed by atoms with van der Waals surface area (Å²) >= 11 is 0. The Kier molecular flexibility index (Phi) is 6.38. The molecule has 1 N–H and O–H groups in total. The fraction of sp³-hybridized carbons (Fsp3) is 0.667. The molecule has 0 aromatic carbocycles. The van der Waals surface area contributed by atoms with E-state index in [1.54, 1.807) is 11.0 Å². The van der Waals surface area contributed by atoms with Crippen LogP contribution in [0.4, 0.5) is 0 Å². The average molecular weight is 171 g/mol. The SMILES string of the molecule is C=CCC(=O)N(CC)CCCO. The van der Waals surface area contributed by atoms with E-state index in [1.165, 1.54) is 0 Å². The van der Waals surface area contributed by atoms with Crippen molar-refractivity contribution in [1.82, 2.24) is 4.90 Å². The molecule has 0 bridgehead atoms. The summed E-state index contributed by atoms with van der Waals surface area (Å²) < 4.78 is 0. The number of rotatable bonds is 6. The van der Waals surface area contributed by atoms with Crippen LogP contribution in [-0.4, -0.2) is 35.6 Å². The zero-order valence-corrected chi connectivity index (χ0v) is 7.62. The lowest BCUT2D eigenvalue weighted by atomic mass is 10.3. The molecule has 0 aliphatic heterocycles. The van der Waals surface area contributed by atoms with Crippen LogP contribution in [-0.2, 0) is 4.79 Å². The molecular weight excluding hydrogens is 154 g/mol. The van der Waals surface area contributed by atoms with Crippen molar-refractivity contribution in [3.63, 3.8) is 0 Å². The lowest BCUT2D eigenvalue weighted by molar-refractivity contribution is -0.130. The summed E-state index contributed by atoms with van der Waals surface area (Å²) in [6.07, 6.45) is 2.64. The van der Waals surface area contributed by atoms with Gasteiger partial charge in [0.2, 0.25) is 5.91 Å². The minimum Gasteiger partial charge on any atom is -0.396 e. The lowest BCUT2D eigenvalue weighted by Gasteiger charge is -2.19. The van der Waals surface area contributed by atoms with Crippen LogP contribution in [0, 0.1) is 0 Å². The van der Waals surface area contributed by atoms with E-state index in [0.29, 0.717) is 25.9 Å². The fourth-order valence-electron chi connectivity index (χ4n) is 0.973. The highest BCUT2D eigenvalue weighted by Crippen LogP contribution is 1.96. The van der Waals surface area contributed by atoms with Crippen molar-refractivity contribution in [2.24, 2.45) is 0 Å². The topological polar surface area (TPSA) is 40.5 Å². The van der Waals surface area contributed by atoms with Crippen LogP contribution >= 0.6 is 0 Å². The van der Waals surface area contributed by atoms with Crippen molar-refractivity contribution in [3.8, 4) is 0 Å². The van der Waals surface area contributed by atoms with E-state index >= 15 is 0 Å².